The van der Waals surface area contributed by atoms with Gasteiger partial charge in [-0.3, -0.25) is 0 Å². The third-order valence-electron chi connectivity index (χ3n) is 2.67. The van der Waals surface area contributed by atoms with Crippen molar-refractivity contribution >= 4 is 26.7 Å². The normalized spacial score (nSPS) is 11.8. The van der Waals surface area contributed by atoms with Gasteiger partial charge in [-0.1, -0.05) is 12.1 Å². The molecule has 1 aromatic heterocycles. The summed E-state index contributed by atoms with van der Waals surface area (Å²) in [5, 5.41) is 3.90. The Kier molecular flexibility index (Phi) is 4.36. The van der Waals surface area contributed by atoms with Crippen LogP contribution in [0.4, 0.5) is 5.13 Å². The molecule has 0 amide bonds. The molecule has 0 bridgehead atoms. The monoisotopic (exact) mass is 312 g/mol. The van der Waals surface area contributed by atoms with Gasteiger partial charge in [0.05, 0.1) is 4.90 Å². The summed E-state index contributed by atoms with van der Waals surface area (Å²) in [4.78, 5) is 4.49. The van der Waals surface area contributed by atoms with E-state index in [1.807, 2.05) is 6.92 Å². The van der Waals surface area contributed by atoms with Crippen LogP contribution in [0.2, 0.25) is 0 Å². The first kappa shape index (κ1) is 14.9. The summed E-state index contributed by atoms with van der Waals surface area (Å²) in [6.45, 7) is 2.42. The Morgan fingerprint density at radius 3 is 2.40 bits per heavy atom. The number of aromatic nitrogens is 2. The van der Waals surface area contributed by atoms with E-state index in [0.717, 1.165) is 16.5 Å². The number of sulfonamides is 1. The molecular weight excluding hydrogens is 296 g/mol. The molecule has 0 radical (unpaired) electrons. The fourth-order valence-electron chi connectivity index (χ4n) is 1.54. The van der Waals surface area contributed by atoms with Crippen LogP contribution in [0.1, 0.15) is 11.4 Å². The zero-order valence-corrected chi connectivity index (χ0v) is 13.1. The molecule has 0 fully saturated rings. The fraction of sp³-hybridized carbons (Fsp3) is 0.333. The maximum Gasteiger partial charge on any atom is 0.242 e. The number of benzene rings is 1. The van der Waals surface area contributed by atoms with Crippen LogP contribution in [0.3, 0.4) is 0 Å². The summed E-state index contributed by atoms with van der Waals surface area (Å²) in [6.07, 6.45) is 0. The maximum atomic E-state index is 11.9. The van der Waals surface area contributed by atoms with E-state index in [1.165, 1.54) is 29.9 Å². The standard InChI is InChI=1S/C12H16N4O2S2/c1-9-14-12(19-15-9)13-8-10-4-6-11(7-5-10)20(17,18)16(2)3/h4-7H,8H2,1-3H3,(H,13,14,15). The molecule has 8 heteroatoms. The Bertz CT molecular complexity index is 678. The summed E-state index contributed by atoms with van der Waals surface area (Å²) in [6, 6.07) is 6.80. The summed E-state index contributed by atoms with van der Waals surface area (Å²) in [5.41, 5.74) is 0.982. The van der Waals surface area contributed by atoms with Gasteiger partial charge in [0.1, 0.15) is 5.82 Å². The predicted molar refractivity (Wildman–Crippen MR) is 79.3 cm³/mol. The Balaban J connectivity index is 2.05. The average Bonchev–Trinajstić information content (AvgIpc) is 2.82. The fourth-order valence-corrected chi connectivity index (χ4v) is 3.01. The number of nitrogens with zero attached hydrogens (tertiary/aromatic N) is 3. The number of nitrogens with one attached hydrogen (secondary N) is 1. The number of hydrogen-bond acceptors (Lipinski definition) is 6. The molecule has 108 valence electrons. The minimum atomic E-state index is -3.36. The molecule has 1 N–H and O–H groups in total. The smallest absolute Gasteiger partial charge is 0.242 e. The second-order valence-corrected chi connectivity index (χ2v) is 7.34. The molecule has 2 aromatic rings. The van der Waals surface area contributed by atoms with E-state index in [-0.39, 0.29) is 4.90 Å². The second-order valence-electron chi connectivity index (χ2n) is 4.43. The molecule has 2 rings (SSSR count). The van der Waals surface area contributed by atoms with E-state index >= 15 is 0 Å². The lowest BCUT2D eigenvalue weighted by molar-refractivity contribution is 0.520. The first-order valence-electron chi connectivity index (χ1n) is 5.95. The maximum absolute atomic E-state index is 11.9. The van der Waals surface area contributed by atoms with Gasteiger partial charge in [-0.15, -0.1) is 0 Å². The molecule has 1 heterocycles. The molecule has 0 spiro atoms. The molecule has 0 saturated heterocycles. The van der Waals surface area contributed by atoms with Crippen LogP contribution in [0.25, 0.3) is 0 Å². The lowest BCUT2D eigenvalue weighted by Crippen LogP contribution is -2.22. The molecule has 1 aromatic carbocycles. The van der Waals surface area contributed by atoms with Crippen molar-refractivity contribution in [2.75, 3.05) is 19.4 Å². The van der Waals surface area contributed by atoms with Crippen LogP contribution < -0.4 is 5.32 Å². The van der Waals surface area contributed by atoms with E-state index in [1.54, 1.807) is 24.3 Å². The van der Waals surface area contributed by atoms with E-state index < -0.39 is 10.0 Å². The Morgan fingerprint density at radius 2 is 1.90 bits per heavy atom. The summed E-state index contributed by atoms with van der Waals surface area (Å²) in [7, 11) is -0.332. The summed E-state index contributed by atoms with van der Waals surface area (Å²) < 4.78 is 29.1. The number of hydrogen-bond donors (Lipinski definition) is 1. The largest absolute Gasteiger partial charge is 0.356 e. The van der Waals surface area contributed by atoms with Crippen molar-refractivity contribution < 1.29 is 8.42 Å². The predicted octanol–water partition coefficient (Wildman–Crippen LogP) is 1.71. The van der Waals surface area contributed by atoms with E-state index in [9.17, 15) is 8.42 Å². The third kappa shape index (κ3) is 3.33. The minimum Gasteiger partial charge on any atom is -0.356 e. The molecule has 0 saturated carbocycles. The van der Waals surface area contributed by atoms with E-state index in [4.69, 9.17) is 0 Å². The van der Waals surface area contributed by atoms with Crippen molar-refractivity contribution in [1.82, 2.24) is 13.7 Å². The molecule has 6 nitrogen and oxygen atoms in total. The molecule has 0 unspecified atom stereocenters. The number of anilines is 1. The van der Waals surface area contributed by atoms with Crippen molar-refractivity contribution in [2.45, 2.75) is 18.4 Å². The van der Waals surface area contributed by atoms with Crippen LogP contribution in [0.5, 0.6) is 0 Å². The lowest BCUT2D eigenvalue weighted by Gasteiger charge is -2.11. The zero-order valence-electron chi connectivity index (χ0n) is 11.5. The van der Waals surface area contributed by atoms with Gasteiger partial charge in [-0.25, -0.2) is 17.7 Å². The molecule has 20 heavy (non-hydrogen) atoms. The number of aryl methyl sites for hydroxylation is 1. The highest BCUT2D eigenvalue weighted by molar-refractivity contribution is 7.89. The van der Waals surface area contributed by atoms with Crippen LogP contribution in [-0.4, -0.2) is 36.2 Å². The molecular formula is C12H16N4O2S2. The first-order valence-corrected chi connectivity index (χ1v) is 8.16. The number of rotatable bonds is 5. The van der Waals surface area contributed by atoms with Gasteiger partial charge in [-0.05, 0) is 24.6 Å². The van der Waals surface area contributed by atoms with Gasteiger partial charge in [-0.2, -0.15) is 4.37 Å². The van der Waals surface area contributed by atoms with Crippen molar-refractivity contribution in [3.05, 3.63) is 35.7 Å². The first-order chi connectivity index (χ1) is 9.39. The minimum absolute atomic E-state index is 0.290. The third-order valence-corrected chi connectivity index (χ3v) is 5.27. The quantitative estimate of drug-likeness (QED) is 0.909. The topological polar surface area (TPSA) is 75.2 Å². The Morgan fingerprint density at radius 1 is 1.25 bits per heavy atom. The molecule has 0 aliphatic carbocycles. The van der Waals surface area contributed by atoms with Gasteiger partial charge >= 0.3 is 0 Å². The molecule has 0 aliphatic heterocycles. The van der Waals surface area contributed by atoms with Gasteiger partial charge in [0, 0.05) is 32.2 Å². The molecule has 0 aliphatic rings. The molecule has 0 atom stereocenters. The van der Waals surface area contributed by atoms with Crippen molar-refractivity contribution in [2.24, 2.45) is 0 Å². The van der Waals surface area contributed by atoms with Gasteiger partial charge in [0.15, 0.2) is 0 Å². The van der Waals surface area contributed by atoms with Gasteiger partial charge in [0.25, 0.3) is 0 Å². The van der Waals surface area contributed by atoms with E-state index in [0.29, 0.717) is 6.54 Å². The lowest BCUT2D eigenvalue weighted by atomic mass is 10.2. The highest BCUT2D eigenvalue weighted by Crippen LogP contribution is 2.16. The highest BCUT2D eigenvalue weighted by Gasteiger charge is 2.16. The second kappa shape index (κ2) is 5.86. The SMILES string of the molecule is Cc1nsc(NCc2ccc(S(=O)(=O)N(C)C)cc2)n1. The van der Waals surface area contributed by atoms with Crippen LogP contribution in [-0.2, 0) is 16.6 Å². The van der Waals surface area contributed by atoms with Crippen LogP contribution >= 0.6 is 11.5 Å². The van der Waals surface area contributed by atoms with Crippen molar-refractivity contribution in [3.63, 3.8) is 0 Å². The summed E-state index contributed by atoms with van der Waals surface area (Å²) >= 11 is 1.31. The van der Waals surface area contributed by atoms with Crippen LogP contribution in [0.15, 0.2) is 29.2 Å². The van der Waals surface area contributed by atoms with E-state index in [2.05, 4.69) is 14.7 Å². The van der Waals surface area contributed by atoms with Crippen molar-refractivity contribution in [1.29, 1.82) is 0 Å². The highest BCUT2D eigenvalue weighted by atomic mass is 32.2. The Labute approximate surface area is 122 Å². The summed E-state index contributed by atoms with van der Waals surface area (Å²) in [5.74, 6) is 0.741. The average molecular weight is 312 g/mol. The van der Waals surface area contributed by atoms with Crippen LogP contribution in [0, 0.1) is 6.92 Å². The van der Waals surface area contributed by atoms with Gasteiger partial charge < -0.3 is 5.32 Å². The van der Waals surface area contributed by atoms with Crippen molar-refractivity contribution in [3.8, 4) is 0 Å². The zero-order chi connectivity index (χ0) is 14.8. The van der Waals surface area contributed by atoms with Gasteiger partial charge in [0.2, 0.25) is 15.2 Å². The Hall–Kier alpha value is -1.51.